The highest BCUT2D eigenvalue weighted by Gasteiger charge is 2.26. The molecule has 2 aromatic rings. The van der Waals surface area contributed by atoms with Gasteiger partial charge in [0.25, 0.3) is 0 Å². The fourth-order valence-corrected chi connectivity index (χ4v) is 3.95. The van der Waals surface area contributed by atoms with E-state index in [1.54, 1.807) is 11.8 Å². The molecule has 0 heterocycles. The molecule has 4 nitrogen and oxygen atoms in total. The Labute approximate surface area is 190 Å². The maximum Gasteiger partial charge on any atom is 0.242 e. The molecule has 2 rings (SSSR count). The molecule has 0 saturated heterocycles. The van der Waals surface area contributed by atoms with E-state index < -0.39 is 6.04 Å². The van der Waals surface area contributed by atoms with Crippen molar-refractivity contribution in [2.45, 2.75) is 45.2 Å². The number of nitrogens with zero attached hydrogens (tertiary/aromatic N) is 1. The van der Waals surface area contributed by atoms with Crippen molar-refractivity contribution < 1.29 is 9.59 Å². The zero-order chi connectivity index (χ0) is 21.4. The second kappa shape index (κ2) is 11.6. The number of carbonyl (C=O) groups is 2. The molecule has 0 spiro atoms. The van der Waals surface area contributed by atoms with Crippen LogP contribution >= 0.6 is 39.3 Å². The Morgan fingerprint density at radius 3 is 2.21 bits per heavy atom. The lowest BCUT2D eigenvalue weighted by Gasteiger charge is -2.29. The van der Waals surface area contributed by atoms with Gasteiger partial charge in [0, 0.05) is 27.8 Å². The number of benzene rings is 2. The highest BCUT2D eigenvalue weighted by atomic mass is 79.9. The third kappa shape index (κ3) is 8.03. The van der Waals surface area contributed by atoms with Crippen molar-refractivity contribution in [1.82, 2.24) is 10.2 Å². The van der Waals surface area contributed by atoms with Crippen LogP contribution in [0.5, 0.6) is 0 Å². The first-order chi connectivity index (χ1) is 13.8. The SMILES string of the molecule is CC(C)NC(=O)[C@H](C)N(Cc1ccc(Br)cc1)C(=O)CSCc1ccc(Cl)cc1. The molecule has 0 unspecified atom stereocenters. The van der Waals surface area contributed by atoms with Gasteiger partial charge >= 0.3 is 0 Å². The van der Waals surface area contributed by atoms with E-state index in [1.165, 1.54) is 11.8 Å². The second-order valence-electron chi connectivity index (χ2n) is 7.11. The van der Waals surface area contributed by atoms with Crippen molar-refractivity contribution in [2.75, 3.05) is 5.75 Å². The largest absolute Gasteiger partial charge is 0.352 e. The van der Waals surface area contributed by atoms with Crippen LogP contribution in [0.2, 0.25) is 5.02 Å². The first kappa shape index (κ1) is 23.8. The van der Waals surface area contributed by atoms with Crippen molar-refractivity contribution in [3.05, 3.63) is 69.2 Å². The Morgan fingerprint density at radius 2 is 1.62 bits per heavy atom. The van der Waals surface area contributed by atoms with E-state index in [0.29, 0.717) is 23.1 Å². The Hall–Kier alpha value is -1.50. The molecule has 156 valence electrons. The summed E-state index contributed by atoms with van der Waals surface area (Å²) in [5.41, 5.74) is 2.09. The number of halogens is 2. The van der Waals surface area contributed by atoms with Crippen LogP contribution < -0.4 is 5.32 Å². The molecule has 2 aromatic carbocycles. The molecule has 0 aliphatic heterocycles. The Kier molecular flexibility index (Phi) is 9.53. The van der Waals surface area contributed by atoms with Crippen LogP contribution in [0.3, 0.4) is 0 Å². The number of thioether (sulfide) groups is 1. The topological polar surface area (TPSA) is 49.4 Å². The molecule has 0 saturated carbocycles. The number of hydrogen-bond donors (Lipinski definition) is 1. The summed E-state index contributed by atoms with van der Waals surface area (Å²) < 4.78 is 0.975. The van der Waals surface area contributed by atoms with E-state index in [2.05, 4.69) is 21.2 Å². The zero-order valence-corrected chi connectivity index (χ0v) is 20.0. The minimum atomic E-state index is -0.551. The smallest absolute Gasteiger partial charge is 0.242 e. The molecule has 0 bridgehead atoms. The maximum atomic E-state index is 13.0. The Morgan fingerprint density at radius 1 is 1.03 bits per heavy atom. The normalized spacial score (nSPS) is 11.9. The van der Waals surface area contributed by atoms with Crippen LogP contribution in [0.1, 0.15) is 31.9 Å². The second-order valence-corrected chi connectivity index (χ2v) is 9.44. The predicted octanol–water partition coefficient (Wildman–Crippen LogP) is 5.28. The molecule has 2 amide bonds. The molecular formula is C22H26BrClN2O2S. The third-order valence-electron chi connectivity index (χ3n) is 4.27. The molecule has 0 fully saturated rings. The molecule has 0 aromatic heterocycles. The summed E-state index contributed by atoms with van der Waals surface area (Å²) >= 11 is 10.9. The van der Waals surface area contributed by atoms with Crippen molar-refractivity contribution in [1.29, 1.82) is 0 Å². The summed E-state index contributed by atoms with van der Waals surface area (Å²) in [5, 5.41) is 3.60. The lowest BCUT2D eigenvalue weighted by atomic mass is 10.1. The van der Waals surface area contributed by atoms with Gasteiger partial charge in [-0.3, -0.25) is 9.59 Å². The summed E-state index contributed by atoms with van der Waals surface area (Å²) in [4.78, 5) is 27.2. The fourth-order valence-electron chi connectivity index (χ4n) is 2.69. The summed E-state index contributed by atoms with van der Waals surface area (Å²) in [6.45, 7) is 5.99. The molecule has 7 heteroatoms. The van der Waals surface area contributed by atoms with Crippen LogP contribution in [0, 0.1) is 0 Å². The van der Waals surface area contributed by atoms with Gasteiger partial charge in [0.2, 0.25) is 11.8 Å². The minimum Gasteiger partial charge on any atom is -0.352 e. The van der Waals surface area contributed by atoms with Crippen LogP contribution in [0.25, 0.3) is 0 Å². The van der Waals surface area contributed by atoms with E-state index in [4.69, 9.17) is 11.6 Å². The first-order valence-electron chi connectivity index (χ1n) is 9.42. The van der Waals surface area contributed by atoms with Crippen LogP contribution in [-0.2, 0) is 21.9 Å². The summed E-state index contributed by atoms with van der Waals surface area (Å²) in [6, 6.07) is 14.9. The van der Waals surface area contributed by atoms with Gasteiger partial charge in [-0.25, -0.2) is 0 Å². The summed E-state index contributed by atoms with van der Waals surface area (Å²) in [7, 11) is 0. The third-order valence-corrected chi connectivity index (χ3v) is 6.04. The van der Waals surface area contributed by atoms with E-state index in [0.717, 1.165) is 15.6 Å². The summed E-state index contributed by atoms with van der Waals surface area (Å²) in [5.74, 6) is 0.812. The maximum absolute atomic E-state index is 13.0. The molecule has 0 aliphatic carbocycles. The van der Waals surface area contributed by atoms with Gasteiger partial charge in [-0.05, 0) is 56.2 Å². The fraction of sp³-hybridized carbons (Fsp3) is 0.364. The molecule has 0 radical (unpaired) electrons. The van der Waals surface area contributed by atoms with Gasteiger partial charge in [0.05, 0.1) is 5.75 Å². The standard InChI is InChI=1S/C22H26BrClN2O2S/c1-15(2)25-22(28)16(3)26(12-17-4-8-19(23)9-5-17)21(27)14-29-13-18-6-10-20(24)11-7-18/h4-11,15-16H,12-14H2,1-3H3,(H,25,28)/t16-/m0/s1. The molecular weight excluding hydrogens is 472 g/mol. The van der Waals surface area contributed by atoms with Crippen LogP contribution in [-0.4, -0.2) is 34.6 Å². The molecule has 1 N–H and O–H groups in total. The highest BCUT2D eigenvalue weighted by Crippen LogP contribution is 2.18. The average molecular weight is 498 g/mol. The molecule has 0 aliphatic rings. The van der Waals surface area contributed by atoms with Crippen LogP contribution in [0.4, 0.5) is 0 Å². The lowest BCUT2D eigenvalue weighted by molar-refractivity contribution is -0.138. The average Bonchev–Trinajstić information content (AvgIpc) is 2.68. The van der Waals surface area contributed by atoms with Gasteiger partial charge in [0.15, 0.2) is 0 Å². The Balaban J connectivity index is 2.05. The van der Waals surface area contributed by atoms with Crippen molar-refractivity contribution in [3.8, 4) is 0 Å². The van der Waals surface area contributed by atoms with Gasteiger partial charge in [-0.15, -0.1) is 11.8 Å². The summed E-state index contributed by atoms with van der Waals surface area (Å²) in [6.07, 6.45) is 0. The van der Waals surface area contributed by atoms with Gasteiger partial charge in [-0.1, -0.05) is 51.8 Å². The number of hydrogen-bond acceptors (Lipinski definition) is 3. The monoisotopic (exact) mass is 496 g/mol. The zero-order valence-electron chi connectivity index (χ0n) is 16.8. The highest BCUT2D eigenvalue weighted by molar-refractivity contribution is 9.10. The van der Waals surface area contributed by atoms with Crippen molar-refractivity contribution in [3.63, 3.8) is 0 Å². The Bertz CT molecular complexity index is 813. The number of carbonyl (C=O) groups excluding carboxylic acids is 2. The van der Waals surface area contributed by atoms with E-state index >= 15 is 0 Å². The van der Waals surface area contributed by atoms with Gasteiger partial charge < -0.3 is 10.2 Å². The minimum absolute atomic E-state index is 0.0221. The number of rotatable bonds is 9. The lowest BCUT2D eigenvalue weighted by Crippen LogP contribution is -2.49. The van der Waals surface area contributed by atoms with Gasteiger partial charge in [-0.2, -0.15) is 0 Å². The number of nitrogens with one attached hydrogen (secondary N) is 1. The van der Waals surface area contributed by atoms with E-state index in [9.17, 15) is 9.59 Å². The van der Waals surface area contributed by atoms with E-state index in [-0.39, 0.29) is 17.9 Å². The van der Waals surface area contributed by atoms with Crippen molar-refractivity contribution in [2.24, 2.45) is 0 Å². The molecule has 29 heavy (non-hydrogen) atoms. The van der Waals surface area contributed by atoms with Crippen molar-refractivity contribution >= 4 is 51.1 Å². The van der Waals surface area contributed by atoms with Gasteiger partial charge in [0.1, 0.15) is 6.04 Å². The molecule has 1 atom stereocenters. The predicted molar refractivity (Wildman–Crippen MR) is 125 cm³/mol. The quantitative estimate of drug-likeness (QED) is 0.513. The number of amides is 2. The first-order valence-corrected chi connectivity index (χ1v) is 11.8. The van der Waals surface area contributed by atoms with E-state index in [1.807, 2.05) is 62.4 Å². The van der Waals surface area contributed by atoms with Crippen LogP contribution in [0.15, 0.2) is 53.0 Å².